The predicted octanol–water partition coefficient (Wildman–Crippen LogP) is -0.899. The van der Waals surface area contributed by atoms with Crippen LogP contribution in [0.2, 0.25) is 0 Å². The van der Waals surface area contributed by atoms with Gasteiger partial charge in [-0.25, -0.2) is 9.59 Å². The first kappa shape index (κ1) is 28.6. The molecule has 0 spiro atoms. The van der Waals surface area contributed by atoms with Crippen LogP contribution in [-0.4, -0.2) is 62.1 Å². The average Bonchev–Trinajstić information content (AvgIpc) is 2.67. The highest BCUT2D eigenvalue weighted by Crippen LogP contribution is 2.12. The summed E-state index contributed by atoms with van der Waals surface area (Å²) in [4.78, 5) is 69.4. The molecule has 0 aromatic carbocycles. The van der Waals surface area contributed by atoms with Crippen molar-refractivity contribution in [2.45, 2.75) is 41.5 Å². The van der Waals surface area contributed by atoms with Gasteiger partial charge in [-0.3, -0.25) is 19.2 Å². The zero-order chi connectivity index (χ0) is 24.9. The van der Waals surface area contributed by atoms with Crippen molar-refractivity contribution in [3.63, 3.8) is 0 Å². The minimum Gasteiger partial charge on any atom is -0.441 e. The molecule has 0 aliphatic heterocycles. The molecule has 0 fully saturated rings. The molecule has 0 saturated carbocycles. The molecule has 0 aliphatic rings. The van der Waals surface area contributed by atoms with E-state index in [0.717, 1.165) is 12.2 Å². The van der Waals surface area contributed by atoms with E-state index in [9.17, 15) is 28.8 Å². The molecule has 180 valence electrons. The van der Waals surface area contributed by atoms with Crippen LogP contribution in [0.25, 0.3) is 0 Å². The molecule has 12 nitrogen and oxygen atoms in total. The van der Waals surface area contributed by atoms with Crippen LogP contribution < -0.4 is 21.3 Å². The fraction of sp³-hybridized carbons (Fsp3) is 0.600. The van der Waals surface area contributed by atoms with Gasteiger partial charge >= 0.3 is 11.9 Å². The Morgan fingerprint density at radius 1 is 0.594 bits per heavy atom. The van der Waals surface area contributed by atoms with Crippen molar-refractivity contribution in [2.75, 3.05) is 26.6 Å². The maximum atomic E-state index is 11.6. The van der Waals surface area contributed by atoms with Gasteiger partial charge in [-0.1, -0.05) is 41.5 Å². The standard InChI is InChI=1S/C20H32N4O8/c1-19(2,3)17(29)21-9-13(25)23-11-31-15(27)7-8-16(28)32-12-24-14(26)10-22-18(30)20(4,5)6/h7-8H,9-12H2,1-6H3,(H,21,29)(H,22,30)(H,23,25)(H,24,26)/b8-7+. The van der Waals surface area contributed by atoms with E-state index >= 15 is 0 Å². The van der Waals surface area contributed by atoms with Gasteiger partial charge in [0.15, 0.2) is 13.5 Å². The Labute approximate surface area is 186 Å². The van der Waals surface area contributed by atoms with E-state index in [1.165, 1.54) is 0 Å². The van der Waals surface area contributed by atoms with Gasteiger partial charge in [-0.2, -0.15) is 0 Å². The number of nitrogens with one attached hydrogen (secondary N) is 4. The van der Waals surface area contributed by atoms with Crippen molar-refractivity contribution in [2.24, 2.45) is 10.8 Å². The van der Waals surface area contributed by atoms with Crippen LogP contribution in [0, 0.1) is 10.8 Å². The summed E-state index contributed by atoms with van der Waals surface area (Å²) in [5, 5.41) is 9.38. The number of esters is 2. The number of carbonyl (C=O) groups excluding carboxylic acids is 6. The average molecular weight is 456 g/mol. The molecule has 0 saturated heterocycles. The molecule has 0 heterocycles. The van der Waals surface area contributed by atoms with Crippen LogP contribution in [0.3, 0.4) is 0 Å². The third-order valence-electron chi connectivity index (χ3n) is 3.50. The summed E-state index contributed by atoms with van der Waals surface area (Å²) in [6.45, 7) is 8.70. The SMILES string of the molecule is CC(C)(C)C(=O)NCC(=O)NCOC(=O)/C=C/C(=O)OCNC(=O)CNC(=O)C(C)(C)C. The minimum atomic E-state index is -0.921. The first-order valence-corrected chi connectivity index (χ1v) is 9.74. The van der Waals surface area contributed by atoms with Gasteiger partial charge in [-0.05, 0) is 0 Å². The Morgan fingerprint density at radius 2 is 0.906 bits per heavy atom. The quantitative estimate of drug-likeness (QED) is 0.186. The van der Waals surface area contributed by atoms with Crippen molar-refractivity contribution in [1.29, 1.82) is 0 Å². The highest BCUT2D eigenvalue weighted by molar-refractivity contribution is 5.92. The Bertz CT molecular complexity index is 686. The Balaban J connectivity index is 4.02. The Hall–Kier alpha value is -3.44. The van der Waals surface area contributed by atoms with Gasteiger partial charge in [0.1, 0.15) is 0 Å². The smallest absolute Gasteiger partial charge is 0.332 e. The van der Waals surface area contributed by atoms with Crippen molar-refractivity contribution >= 4 is 35.6 Å². The minimum absolute atomic E-state index is 0.276. The first-order chi connectivity index (χ1) is 14.6. The van der Waals surface area contributed by atoms with Crippen LogP contribution in [0.15, 0.2) is 12.2 Å². The number of hydrogen-bond acceptors (Lipinski definition) is 8. The van der Waals surface area contributed by atoms with Gasteiger partial charge in [0.2, 0.25) is 23.6 Å². The first-order valence-electron chi connectivity index (χ1n) is 9.74. The van der Waals surface area contributed by atoms with Gasteiger partial charge in [0.25, 0.3) is 0 Å². The molecule has 4 amide bonds. The predicted molar refractivity (Wildman–Crippen MR) is 112 cm³/mol. The fourth-order valence-corrected chi connectivity index (χ4v) is 1.58. The van der Waals surface area contributed by atoms with Crippen LogP contribution in [0.4, 0.5) is 0 Å². The van der Waals surface area contributed by atoms with Crippen molar-refractivity contribution in [1.82, 2.24) is 21.3 Å². The monoisotopic (exact) mass is 456 g/mol. The molecule has 4 N–H and O–H groups in total. The van der Waals surface area contributed by atoms with Crippen molar-refractivity contribution in [3.8, 4) is 0 Å². The topological polar surface area (TPSA) is 169 Å². The molecule has 0 rings (SSSR count). The maximum Gasteiger partial charge on any atom is 0.332 e. The molecule has 12 heteroatoms. The highest BCUT2D eigenvalue weighted by Gasteiger charge is 2.22. The molecular weight excluding hydrogens is 424 g/mol. The fourth-order valence-electron chi connectivity index (χ4n) is 1.58. The molecule has 0 aromatic heterocycles. The van der Waals surface area contributed by atoms with E-state index in [1.807, 2.05) is 0 Å². The molecule has 0 aromatic rings. The molecule has 0 aliphatic carbocycles. The van der Waals surface area contributed by atoms with E-state index in [4.69, 9.17) is 0 Å². The molecular formula is C20H32N4O8. The lowest BCUT2D eigenvalue weighted by atomic mass is 9.96. The second-order valence-corrected chi connectivity index (χ2v) is 8.61. The van der Waals surface area contributed by atoms with E-state index < -0.39 is 48.0 Å². The zero-order valence-corrected chi connectivity index (χ0v) is 19.2. The molecule has 32 heavy (non-hydrogen) atoms. The van der Waals surface area contributed by atoms with Crippen LogP contribution >= 0.6 is 0 Å². The number of amides is 4. The van der Waals surface area contributed by atoms with E-state index in [2.05, 4.69) is 30.7 Å². The number of hydrogen-bond donors (Lipinski definition) is 4. The largest absolute Gasteiger partial charge is 0.441 e. The van der Waals surface area contributed by atoms with Crippen LogP contribution in [0.1, 0.15) is 41.5 Å². The summed E-state index contributed by atoms with van der Waals surface area (Å²) in [6, 6.07) is 0. The number of ether oxygens (including phenoxy) is 2. The van der Waals surface area contributed by atoms with Gasteiger partial charge in [-0.15, -0.1) is 0 Å². The third-order valence-corrected chi connectivity index (χ3v) is 3.50. The molecule has 0 atom stereocenters. The second-order valence-electron chi connectivity index (χ2n) is 8.61. The molecule has 0 unspecified atom stereocenters. The third kappa shape index (κ3) is 13.7. The van der Waals surface area contributed by atoms with E-state index in [-0.39, 0.29) is 24.9 Å². The van der Waals surface area contributed by atoms with Crippen molar-refractivity contribution in [3.05, 3.63) is 12.2 Å². The van der Waals surface area contributed by atoms with Crippen LogP contribution in [0.5, 0.6) is 0 Å². The molecule has 0 bridgehead atoms. The summed E-state index contributed by atoms with van der Waals surface area (Å²) in [5.41, 5.74) is -1.28. The highest BCUT2D eigenvalue weighted by atomic mass is 16.5. The summed E-state index contributed by atoms with van der Waals surface area (Å²) < 4.78 is 9.35. The van der Waals surface area contributed by atoms with Gasteiger partial charge in [0.05, 0.1) is 13.1 Å². The maximum absolute atomic E-state index is 11.6. The second kappa shape index (κ2) is 13.1. The van der Waals surface area contributed by atoms with Gasteiger partial charge in [0, 0.05) is 23.0 Å². The number of carbonyl (C=O) groups is 6. The summed E-state index contributed by atoms with van der Waals surface area (Å²) >= 11 is 0. The lowest BCUT2D eigenvalue weighted by molar-refractivity contribution is -0.143. The summed E-state index contributed by atoms with van der Waals surface area (Å²) in [6.07, 6.45) is 1.56. The van der Waals surface area contributed by atoms with Gasteiger partial charge < -0.3 is 30.7 Å². The Morgan fingerprint density at radius 3 is 1.19 bits per heavy atom. The zero-order valence-electron chi connectivity index (χ0n) is 19.2. The lowest BCUT2D eigenvalue weighted by Gasteiger charge is -2.17. The van der Waals surface area contributed by atoms with Crippen LogP contribution in [-0.2, 0) is 38.2 Å². The Kier molecular flexibility index (Phi) is 11.7. The number of rotatable bonds is 10. The summed E-state index contributed by atoms with van der Waals surface area (Å²) in [7, 11) is 0. The summed E-state index contributed by atoms with van der Waals surface area (Å²) in [5.74, 6) is -3.58. The van der Waals surface area contributed by atoms with Crippen molar-refractivity contribution < 1.29 is 38.2 Å². The van der Waals surface area contributed by atoms with E-state index in [1.54, 1.807) is 41.5 Å². The lowest BCUT2D eigenvalue weighted by Crippen LogP contribution is -2.42. The molecule has 0 radical (unpaired) electrons. The normalized spacial score (nSPS) is 11.3. The van der Waals surface area contributed by atoms with E-state index in [0.29, 0.717) is 0 Å².